The van der Waals surface area contributed by atoms with Crippen LogP contribution >= 0.6 is 15.6 Å². The maximum Gasteiger partial charge on any atom is 0 e. The van der Waals surface area contributed by atoms with Gasteiger partial charge in [-0.2, -0.15) is 0 Å². The molecular formula is H7LiMn3O8P2. The minimum absolute atomic E-state index is 0. The second-order valence-electron chi connectivity index (χ2n) is 1.03. The Kier molecular flexibility index (Phi) is 39.5. The zero-order valence-corrected chi connectivity index (χ0v) is 10.9. The second kappa shape index (κ2) is 15.4. The van der Waals surface area contributed by atoms with E-state index >= 15 is 0 Å². The van der Waals surface area contributed by atoms with Gasteiger partial charge >= 0.3 is 34.5 Å². The number of hydrogen-bond acceptors (Lipinski definition) is 2. The van der Waals surface area contributed by atoms with E-state index < -0.39 is 15.6 Å². The van der Waals surface area contributed by atoms with Gasteiger partial charge in [0, 0.05) is 51.2 Å². The summed E-state index contributed by atoms with van der Waals surface area (Å²) in [5, 5.41) is 0. The van der Waals surface area contributed by atoms with E-state index in [1.807, 2.05) is 0 Å². The predicted molar refractivity (Wildman–Crippen MR) is 35.7 cm³/mol. The van der Waals surface area contributed by atoms with Gasteiger partial charge in [0.2, 0.25) is 0 Å². The standard InChI is InChI=1S/Li.3Mn.2H3O4P.H/c;;;;2*1-5(2,3)4;/h;;;;2*(H3,1,2,3,4);. The van der Waals surface area contributed by atoms with Crippen LogP contribution in [0, 0.1) is 0 Å². The fourth-order valence-electron chi connectivity index (χ4n) is 0. The molecule has 87 valence electrons. The van der Waals surface area contributed by atoms with Crippen LogP contribution in [0.2, 0.25) is 0 Å². The molecule has 0 rings (SSSR count). The molecular weight excluding hydrogens is 362 g/mol. The molecule has 8 nitrogen and oxygen atoms in total. The molecule has 0 amide bonds. The SMILES string of the molecule is O=P(O)(O)O.O=P(O)(O)O.[LiH].[Mn].[Mn].[Mn]. The third-order valence-electron chi connectivity index (χ3n) is 0. The normalized spacial score (nSPS) is 8.43. The molecule has 3 radical (unpaired) electrons. The molecule has 6 N–H and O–H groups in total. The average molecular weight is 369 g/mol. The van der Waals surface area contributed by atoms with Gasteiger partial charge in [0.1, 0.15) is 0 Å². The van der Waals surface area contributed by atoms with E-state index in [0.717, 1.165) is 0 Å². The Balaban J connectivity index is -0.0000000178. The average Bonchev–Trinajstić information content (AvgIpc) is 1.12. The van der Waals surface area contributed by atoms with Crippen molar-refractivity contribution < 1.29 is 89.7 Å². The first-order valence-corrected chi connectivity index (χ1v) is 4.70. The Labute approximate surface area is 123 Å². The summed E-state index contributed by atoms with van der Waals surface area (Å²) in [5.41, 5.74) is 0. The van der Waals surface area contributed by atoms with Gasteiger partial charge < -0.3 is 29.4 Å². The molecule has 0 saturated heterocycles. The molecule has 0 aromatic carbocycles. The van der Waals surface area contributed by atoms with Crippen molar-refractivity contribution in [3.63, 3.8) is 0 Å². The van der Waals surface area contributed by atoms with Crippen molar-refractivity contribution in [2.45, 2.75) is 0 Å². The largest absolute Gasteiger partial charge is 0 e. The Hall–Kier alpha value is 2.38. The summed E-state index contributed by atoms with van der Waals surface area (Å²) in [4.78, 5) is 43.1. The molecule has 0 atom stereocenters. The number of phosphoric acid groups is 2. The zero-order chi connectivity index (χ0) is 9.00. The molecule has 14 heavy (non-hydrogen) atoms. The summed E-state index contributed by atoms with van der Waals surface area (Å²) in [6.07, 6.45) is 0. The van der Waals surface area contributed by atoms with Crippen LogP contribution < -0.4 is 0 Å². The van der Waals surface area contributed by atoms with E-state index in [1.54, 1.807) is 0 Å². The summed E-state index contributed by atoms with van der Waals surface area (Å²) in [6.45, 7) is 0. The van der Waals surface area contributed by atoms with Crippen LogP contribution in [0.1, 0.15) is 0 Å². The molecule has 0 unspecified atom stereocenters. The van der Waals surface area contributed by atoms with Crippen molar-refractivity contribution in [2.75, 3.05) is 0 Å². The van der Waals surface area contributed by atoms with Crippen LogP contribution in [0.25, 0.3) is 0 Å². The van der Waals surface area contributed by atoms with E-state index in [4.69, 9.17) is 38.5 Å². The van der Waals surface area contributed by atoms with Gasteiger partial charge in [0.25, 0.3) is 0 Å². The first kappa shape index (κ1) is 36.0. The summed E-state index contributed by atoms with van der Waals surface area (Å²) in [5.74, 6) is 0. The molecule has 14 heteroatoms. The molecule has 0 saturated carbocycles. The van der Waals surface area contributed by atoms with Crippen LogP contribution in [0.4, 0.5) is 0 Å². The van der Waals surface area contributed by atoms with Crippen LogP contribution in [-0.4, -0.2) is 48.2 Å². The smallest absolute Gasteiger partial charge is 0 e. The van der Waals surface area contributed by atoms with Gasteiger partial charge in [-0.25, -0.2) is 9.13 Å². The molecule has 0 heterocycles. The van der Waals surface area contributed by atoms with Gasteiger partial charge in [0.15, 0.2) is 0 Å². The van der Waals surface area contributed by atoms with Gasteiger partial charge in [-0.15, -0.1) is 0 Å². The molecule has 0 aliphatic heterocycles. The summed E-state index contributed by atoms with van der Waals surface area (Å²) in [7, 11) is -9.28. The van der Waals surface area contributed by atoms with E-state index in [1.165, 1.54) is 0 Å². The van der Waals surface area contributed by atoms with Gasteiger partial charge in [-0.05, 0) is 0 Å². The summed E-state index contributed by atoms with van der Waals surface area (Å²) in [6, 6.07) is 0. The molecule has 0 aromatic heterocycles. The minimum Gasteiger partial charge on any atom is 0 e. The molecule has 0 bridgehead atoms. The molecule has 0 aromatic rings. The number of hydrogen-bond donors (Lipinski definition) is 6. The van der Waals surface area contributed by atoms with E-state index in [0.29, 0.717) is 0 Å². The molecule has 0 fully saturated rings. The minimum atomic E-state index is -4.64. The van der Waals surface area contributed by atoms with E-state index in [-0.39, 0.29) is 70.1 Å². The van der Waals surface area contributed by atoms with Crippen molar-refractivity contribution in [3.05, 3.63) is 0 Å². The Morgan fingerprint density at radius 3 is 0.571 bits per heavy atom. The van der Waals surface area contributed by atoms with Crippen LogP contribution in [0.15, 0.2) is 0 Å². The van der Waals surface area contributed by atoms with Gasteiger partial charge in [-0.1, -0.05) is 0 Å². The Bertz CT molecular complexity index is 135. The molecule has 0 spiro atoms. The zero-order valence-electron chi connectivity index (χ0n) is 5.53. The predicted octanol–water partition coefficient (Wildman–Crippen LogP) is -2.51. The van der Waals surface area contributed by atoms with Crippen molar-refractivity contribution in [3.8, 4) is 0 Å². The Morgan fingerprint density at radius 1 is 0.571 bits per heavy atom. The van der Waals surface area contributed by atoms with Gasteiger partial charge in [0.05, 0.1) is 0 Å². The van der Waals surface area contributed by atoms with Crippen LogP contribution in [-0.2, 0) is 60.3 Å². The first-order chi connectivity index (χ1) is 4.00. The van der Waals surface area contributed by atoms with E-state index in [9.17, 15) is 0 Å². The van der Waals surface area contributed by atoms with Crippen molar-refractivity contribution in [1.29, 1.82) is 0 Å². The van der Waals surface area contributed by atoms with Crippen LogP contribution in [0.5, 0.6) is 0 Å². The maximum absolute atomic E-state index is 8.88. The Morgan fingerprint density at radius 2 is 0.571 bits per heavy atom. The molecule has 0 aliphatic rings. The fourth-order valence-corrected chi connectivity index (χ4v) is 0. The quantitative estimate of drug-likeness (QED) is 0.202. The summed E-state index contributed by atoms with van der Waals surface area (Å²) >= 11 is 0. The number of rotatable bonds is 0. The first-order valence-electron chi connectivity index (χ1n) is 1.57. The van der Waals surface area contributed by atoms with Crippen molar-refractivity contribution in [2.24, 2.45) is 0 Å². The third kappa shape index (κ3) is 456. The van der Waals surface area contributed by atoms with E-state index in [2.05, 4.69) is 0 Å². The van der Waals surface area contributed by atoms with Crippen molar-refractivity contribution >= 4 is 34.5 Å². The van der Waals surface area contributed by atoms with Crippen molar-refractivity contribution in [1.82, 2.24) is 0 Å². The monoisotopic (exact) mass is 369 g/mol. The fraction of sp³-hybridized carbons (Fsp3) is 0. The van der Waals surface area contributed by atoms with Crippen LogP contribution in [0.3, 0.4) is 0 Å². The molecule has 0 aliphatic carbocycles. The topological polar surface area (TPSA) is 156 Å². The summed E-state index contributed by atoms with van der Waals surface area (Å²) < 4.78 is 17.8. The second-order valence-corrected chi connectivity index (χ2v) is 3.08. The maximum atomic E-state index is 8.88. The third-order valence-corrected chi connectivity index (χ3v) is 0. The van der Waals surface area contributed by atoms with Gasteiger partial charge in [-0.3, -0.25) is 0 Å².